The standard InChI is InChI=1S/C17H19F3N2O4/c1-10(2)21-16(25)22-15(24)11(3)26-14(23)9-6-12-4-7-13(8-5-12)17(18,19)20/h4-11H,1-3H3,(H2,21,22,24,25)/b9-6+/t11-/m1/s1. The van der Waals surface area contributed by atoms with Gasteiger partial charge in [0.15, 0.2) is 6.10 Å². The van der Waals surface area contributed by atoms with E-state index < -0.39 is 35.8 Å². The maximum absolute atomic E-state index is 12.5. The van der Waals surface area contributed by atoms with Crippen molar-refractivity contribution in [3.05, 3.63) is 41.5 Å². The summed E-state index contributed by atoms with van der Waals surface area (Å²) in [7, 11) is 0. The number of esters is 1. The Balaban J connectivity index is 2.56. The fourth-order valence-electron chi connectivity index (χ4n) is 1.73. The molecule has 1 atom stereocenters. The van der Waals surface area contributed by atoms with Crippen LogP contribution in [-0.2, 0) is 20.5 Å². The van der Waals surface area contributed by atoms with Crippen LogP contribution in [-0.4, -0.2) is 30.1 Å². The number of hydrogen-bond donors (Lipinski definition) is 2. The summed E-state index contributed by atoms with van der Waals surface area (Å²) in [4.78, 5) is 34.7. The summed E-state index contributed by atoms with van der Waals surface area (Å²) in [5.74, 6) is -1.68. The number of urea groups is 1. The zero-order chi connectivity index (χ0) is 19.9. The van der Waals surface area contributed by atoms with Crippen LogP contribution < -0.4 is 10.6 Å². The average molecular weight is 372 g/mol. The SMILES string of the molecule is CC(C)NC(=O)NC(=O)[C@@H](C)OC(=O)/C=C/c1ccc(C(F)(F)F)cc1. The highest BCUT2D eigenvalue weighted by Crippen LogP contribution is 2.29. The molecule has 142 valence electrons. The molecule has 3 amide bonds. The fourth-order valence-corrected chi connectivity index (χ4v) is 1.73. The van der Waals surface area contributed by atoms with E-state index in [4.69, 9.17) is 4.74 Å². The highest BCUT2D eigenvalue weighted by atomic mass is 19.4. The van der Waals surface area contributed by atoms with Gasteiger partial charge in [-0.2, -0.15) is 13.2 Å². The van der Waals surface area contributed by atoms with Crippen molar-refractivity contribution in [1.29, 1.82) is 0 Å². The highest BCUT2D eigenvalue weighted by molar-refractivity contribution is 5.98. The number of rotatable bonds is 5. The van der Waals surface area contributed by atoms with Gasteiger partial charge in [0.05, 0.1) is 5.56 Å². The lowest BCUT2D eigenvalue weighted by molar-refractivity contribution is -0.149. The van der Waals surface area contributed by atoms with Gasteiger partial charge in [-0.05, 0) is 44.5 Å². The van der Waals surface area contributed by atoms with E-state index in [9.17, 15) is 27.6 Å². The third-order valence-corrected chi connectivity index (χ3v) is 2.97. The van der Waals surface area contributed by atoms with Crippen molar-refractivity contribution in [2.75, 3.05) is 0 Å². The Morgan fingerprint density at radius 2 is 1.65 bits per heavy atom. The Kier molecular flexibility index (Phi) is 7.36. The zero-order valence-corrected chi connectivity index (χ0v) is 14.4. The molecule has 0 aliphatic heterocycles. The molecule has 2 N–H and O–H groups in total. The number of carbonyl (C=O) groups is 3. The molecule has 0 aliphatic rings. The second-order valence-corrected chi connectivity index (χ2v) is 5.65. The lowest BCUT2D eigenvalue weighted by atomic mass is 10.1. The first-order valence-electron chi connectivity index (χ1n) is 7.66. The monoisotopic (exact) mass is 372 g/mol. The van der Waals surface area contributed by atoms with Crippen LogP contribution in [0, 0.1) is 0 Å². The molecule has 0 bridgehead atoms. The van der Waals surface area contributed by atoms with Gasteiger partial charge in [0.2, 0.25) is 0 Å². The van der Waals surface area contributed by atoms with Gasteiger partial charge in [-0.1, -0.05) is 12.1 Å². The lowest BCUT2D eigenvalue weighted by Gasteiger charge is -2.13. The van der Waals surface area contributed by atoms with Gasteiger partial charge in [-0.3, -0.25) is 10.1 Å². The van der Waals surface area contributed by atoms with E-state index >= 15 is 0 Å². The van der Waals surface area contributed by atoms with Crippen LogP contribution in [0.5, 0.6) is 0 Å². The third-order valence-electron chi connectivity index (χ3n) is 2.97. The average Bonchev–Trinajstić information content (AvgIpc) is 2.51. The van der Waals surface area contributed by atoms with E-state index in [2.05, 4.69) is 5.32 Å². The number of imide groups is 1. The van der Waals surface area contributed by atoms with E-state index in [0.717, 1.165) is 18.2 Å². The van der Waals surface area contributed by atoms with E-state index in [1.54, 1.807) is 13.8 Å². The van der Waals surface area contributed by atoms with Gasteiger partial charge in [-0.15, -0.1) is 0 Å². The molecule has 0 aliphatic carbocycles. The number of nitrogens with one attached hydrogen (secondary N) is 2. The molecule has 0 aromatic heterocycles. The molecule has 6 nitrogen and oxygen atoms in total. The summed E-state index contributed by atoms with van der Waals surface area (Å²) in [6, 6.07) is 3.27. The molecule has 0 saturated carbocycles. The minimum absolute atomic E-state index is 0.174. The van der Waals surface area contributed by atoms with Gasteiger partial charge in [0.25, 0.3) is 5.91 Å². The van der Waals surface area contributed by atoms with Gasteiger partial charge in [0.1, 0.15) is 0 Å². The van der Waals surface area contributed by atoms with Crippen LogP contribution in [0.1, 0.15) is 31.9 Å². The molecule has 1 aromatic rings. The van der Waals surface area contributed by atoms with Crippen molar-refractivity contribution < 1.29 is 32.3 Å². The van der Waals surface area contributed by atoms with Crippen molar-refractivity contribution in [3.8, 4) is 0 Å². The van der Waals surface area contributed by atoms with Crippen LogP contribution in [0.15, 0.2) is 30.3 Å². The number of halogens is 3. The summed E-state index contributed by atoms with van der Waals surface area (Å²) < 4.78 is 42.2. The van der Waals surface area contributed by atoms with Crippen molar-refractivity contribution in [3.63, 3.8) is 0 Å². The fraction of sp³-hybridized carbons (Fsp3) is 0.353. The van der Waals surface area contributed by atoms with Crippen LogP contribution in [0.2, 0.25) is 0 Å². The number of ether oxygens (including phenoxy) is 1. The van der Waals surface area contributed by atoms with Crippen LogP contribution >= 0.6 is 0 Å². The molecule has 0 spiro atoms. The van der Waals surface area contributed by atoms with Gasteiger partial charge in [-0.25, -0.2) is 9.59 Å². The molecule has 0 radical (unpaired) electrons. The number of amides is 3. The molecule has 0 fully saturated rings. The predicted molar refractivity (Wildman–Crippen MR) is 87.8 cm³/mol. The zero-order valence-electron chi connectivity index (χ0n) is 14.4. The first-order chi connectivity index (χ1) is 12.0. The second-order valence-electron chi connectivity index (χ2n) is 5.65. The number of alkyl halides is 3. The highest BCUT2D eigenvalue weighted by Gasteiger charge is 2.29. The quantitative estimate of drug-likeness (QED) is 0.615. The molecule has 0 saturated heterocycles. The number of carbonyl (C=O) groups excluding carboxylic acids is 3. The molecule has 0 unspecified atom stereocenters. The third kappa shape index (κ3) is 7.37. The first kappa shape index (κ1) is 21.2. The minimum Gasteiger partial charge on any atom is -0.449 e. The maximum Gasteiger partial charge on any atom is 0.416 e. The van der Waals surface area contributed by atoms with Crippen LogP contribution in [0.25, 0.3) is 6.08 Å². The first-order valence-corrected chi connectivity index (χ1v) is 7.66. The predicted octanol–water partition coefficient (Wildman–Crippen LogP) is 2.88. The molecule has 0 heterocycles. The summed E-state index contributed by atoms with van der Waals surface area (Å²) in [6.07, 6.45) is -3.44. The van der Waals surface area contributed by atoms with E-state index in [1.165, 1.54) is 25.1 Å². The van der Waals surface area contributed by atoms with Crippen molar-refractivity contribution >= 4 is 24.0 Å². The largest absolute Gasteiger partial charge is 0.449 e. The Hall–Kier alpha value is -2.84. The number of benzene rings is 1. The van der Waals surface area contributed by atoms with Gasteiger partial charge >= 0.3 is 18.2 Å². The van der Waals surface area contributed by atoms with Crippen molar-refractivity contribution in [2.45, 2.75) is 39.1 Å². The topological polar surface area (TPSA) is 84.5 Å². The Morgan fingerprint density at radius 1 is 1.08 bits per heavy atom. The Labute approximate surface area is 148 Å². The lowest BCUT2D eigenvalue weighted by Crippen LogP contribution is -2.46. The molecule has 1 rings (SSSR count). The molecule has 9 heteroatoms. The normalized spacial score (nSPS) is 12.7. The summed E-state index contributed by atoms with van der Waals surface area (Å²) in [6.45, 7) is 4.70. The van der Waals surface area contributed by atoms with Crippen molar-refractivity contribution in [1.82, 2.24) is 10.6 Å². The van der Waals surface area contributed by atoms with Gasteiger partial charge in [0, 0.05) is 12.1 Å². The molecule has 1 aromatic carbocycles. The smallest absolute Gasteiger partial charge is 0.416 e. The minimum atomic E-state index is -4.44. The maximum atomic E-state index is 12.5. The Morgan fingerprint density at radius 3 is 2.15 bits per heavy atom. The molecular weight excluding hydrogens is 353 g/mol. The Bertz CT molecular complexity index is 682. The van der Waals surface area contributed by atoms with E-state index in [1.807, 2.05) is 5.32 Å². The van der Waals surface area contributed by atoms with E-state index in [-0.39, 0.29) is 6.04 Å². The molecule has 26 heavy (non-hydrogen) atoms. The van der Waals surface area contributed by atoms with Crippen LogP contribution in [0.4, 0.5) is 18.0 Å². The number of hydrogen-bond acceptors (Lipinski definition) is 4. The van der Waals surface area contributed by atoms with E-state index in [0.29, 0.717) is 5.56 Å². The van der Waals surface area contributed by atoms with Crippen LogP contribution in [0.3, 0.4) is 0 Å². The van der Waals surface area contributed by atoms with Crippen molar-refractivity contribution in [2.24, 2.45) is 0 Å². The second kappa shape index (κ2) is 9.02. The summed E-state index contributed by atoms with van der Waals surface area (Å²) >= 11 is 0. The van der Waals surface area contributed by atoms with Gasteiger partial charge < -0.3 is 10.1 Å². The summed E-state index contributed by atoms with van der Waals surface area (Å²) in [5.41, 5.74) is -0.453. The summed E-state index contributed by atoms with van der Waals surface area (Å²) in [5, 5.41) is 4.45. The molecular formula is C17H19F3N2O4.